The van der Waals surface area contributed by atoms with Crippen LogP contribution in [0.15, 0.2) is 36.4 Å². The molecule has 0 fully saturated rings. The molecule has 2 aromatic carbocycles. The number of nitrogens with two attached hydrogens (primary N) is 1. The Kier molecular flexibility index (Phi) is 4.30. The molecule has 0 aliphatic rings. The Morgan fingerprint density at radius 2 is 2.00 bits per heavy atom. The quantitative estimate of drug-likeness (QED) is 0.664. The number of rotatable bonds is 4. The summed E-state index contributed by atoms with van der Waals surface area (Å²) in [6.45, 7) is 4.48. The van der Waals surface area contributed by atoms with Crippen LogP contribution < -0.4 is 10.5 Å². The minimum absolute atomic E-state index is 0.00824. The second-order valence-electron chi connectivity index (χ2n) is 4.71. The van der Waals surface area contributed by atoms with E-state index in [1.54, 1.807) is 12.1 Å². The number of halogens is 1. The lowest BCUT2D eigenvalue weighted by molar-refractivity contribution is 0.304. The van der Waals surface area contributed by atoms with Gasteiger partial charge in [-0.25, -0.2) is 0 Å². The van der Waals surface area contributed by atoms with Gasteiger partial charge in [-0.05, 0) is 37.1 Å². The molecular formula is C16H17ClN2O. The van der Waals surface area contributed by atoms with Crippen molar-refractivity contribution in [2.75, 3.05) is 0 Å². The van der Waals surface area contributed by atoms with Crippen molar-refractivity contribution in [3.8, 4) is 5.75 Å². The van der Waals surface area contributed by atoms with Crippen molar-refractivity contribution in [1.29, 1.82) is 5.41 Å². The number of amidine groups is 1. The molecule has 4 heteroatoms. The van der Waals surface area contributed by atoms with Crippen LogP contribution in [0.4, 0.5) is 0 Å². The molecule has 0 spiro atoms. The van der Waals surface area contributed by atoms with E-state index < -0.39 is 0 Å². The van der Waals surface area contributed by atoms with Gasteiger partial charge < -0.3 is 10.5 Å². The Labute approximate surface area is 123 Å². The maximum atomic E-state index is 7.38. The molecule has 3 N–H and O–H groups in total. The first-order chi connectivity index (χ1) is 9.49. The maximum absolute atomic E-state index is 7.38. The van der Waals surface area contributed by atoms with Gasteiger partial charge in [0.2, 0.25) is 0 Å². The van der Waals surface area contributed by atoms with Crippen LogP contribution in [0.5, 0.6) is 5.75 Å². The van der Waals surface area contributed by atoms with Gasteiger partial charge in [0.15, 0.2) is 0 Å². The monoisotopic (exact) mass is 288 g/mol. The van der Waals surface area contributed by atoms with E-state index in [4.69, 9.17) is 27.5 Å². The molecular weight excluding hydrogens is 272 g/mol. The van der Waals surface area contributed by atoms with Gasteiger partial charge in [-0.3, -0.25) is 5.41 Å². The van der Waals surface area contributed by atoms with Crippen molar-refractivity contribution >= 4 is 17.4 Å². The summed E-state index contributed by atoms with van der Waals surface area (Å²) in [6, 6.07) is 11.3. The predicted molar refractivity (Wildman–Crippen MR) is 82.7 cm³/mol. The third-order valence-corrected chi connectivity index (χ3v) is 3.65. The van der Waals surface area contributed by atoms with Gasteiger partial charge in [0.05, 0.1) is 0 Å². The van der Waals surface area contributed by atoms with Crippen molar-refractivity contribution in [2.24, 2.45) is 5.73 Å². The molecule has 0 heterocycles. The van der Waals surface area contributed by atoms with Gasteiger partial charge in [-0.2, -0.15) is 0 Å². The molecule has 0 aromatic heterocycles. The summed E-state index contributed by atoms with van der Waals surface area (Å²) in [5, 5.41) is 7.94. The van der Waals surface area contributed by atoms with Crippen molar-refractivity contribution in [2.45, 2.75) is 20.5 Å². The van der Waals surface area contributed by atoms with Crippen molar-refractivity contribution in [1.82, 2.24) is 0 Å². The summed E-state index contributed by atoms with van der Waals surface area (Å²) in [4.78, 5) is 0. The largest absolute Gasteiger partial charge is 0.489 e. The molecule has 0 saturated heterocycles. The highest BCUT2D eigenvalue weighted by Gasteiger charge is 2.06. The lowest BCUT2D eigenvalue weighted by atomic mass is 10.1. The molecule has 0 atom stereocenters. The SMILES string of the molecule is Cc1cccc(OCc2ccc(C(=N)N)cc2Cl)c1C. The Balaban J connectivity index is 2.15. The van der Waals surface area contributed by atoms with E-state index >= 15 is 0 Å². The highest BCUT2D eigenvalue weighted by atomic mass is 35.5. The molecule has 2 aromatic rings. The Bertz CT molecular complexity index is 653. The molecule has 3 nitrogen and oxygen atoms in total. The zero-order valence-corrected chi connectivity index (χ0v) is 12.3. The third-order valence-electron chi connectivity index (χ3n) is 3.30. The molecule has 2 rings (SSSR count). The molecule has 0 unspecified atom stereocenters. The van der Waals surface area contributed by atoms with E-state index in [1.807, 2.05) is 25.1 Å². The highest BCUT2D eigenvalue weighted by molar-refractivity contribution is 6.31. The Morgan fingerprint density at radius 3 is 2.65 bits per heavy atom. The summed E-state index contributed by atoms with van der Waals surface area (Å²) < 4.78 is 5.82. The van der Waals surface area contributed by atoms with Gasteiger partial charge in [0.1, 0.15) is 18.2 Å². The first-order valence-corrected chi connectivity index (χ1v) is 6.68. The van der Waals surface area contributed by atoms with Gasteiger partial charge in [0, 0.05) is 16.1 Å². The van der Waals surface area contributed by atoms with Crippen LogP contribution in [0.3, 0.4) is 0 Å². The first kappa shape index (κ1) is 14.4. The Hall–Kier alpha value is -2.00. The topological polar surface area (TPSA) is 59.1 Å². The van der Waals surface area contributed by atoms with Crippen molar-refractivity contribution < 1.29 is 4.74 Å². The molecule has 0 amide bonds. The molecule has 0 saturated carbocycles. The molecule has 0 bridgehead atoms. The maximum Gasteiger partial charge on any atom is 0.122 e. The number of hydrogen-bond acceptors (Lipinski definition) is 2. The fourth-order valence-electron chi connectivity index (χ4n) is 1.87. The van der Waals surface area contributed by atoms with Crippen molar-refractivity contribution in [3.05, 3.63) is 63.7 Å². The minimum Gasteiger partial charge on any atom is -0.489 e. The lowest BCUT2D eigenvalue weighted by Crippen LogP contribution is -2.11. The van der Waals surface area contributed by atoms with E-state index in [9.17, 15) is 0 Å². The lowest BCUT2D eigenvalue weighted by Gasteiger charge is -2.12. The smallest absolute Gasteiger partial charge is 0.122 e. The van der Waals surface area contributed by atoms with Gasteiger partial charge >= 0.3 is 0 Å². The normalized spacial score (nSPS) is 10.3. The molecule has 20 heavy (non-hydrogen) atoms. The van der Waals surface area contributed by atoms with Crippen LogP contribution in [0.25, 0.3) is 0 Å². The van der Waals surface area contributed by atoms with Gasteiger partial charge in [-0.1, -0.05) is 35.9 Å². The van der Waals surface area contributed by atoms with Gasteiger partial charge in [-0.15, -0.1) is 0 Å². The van der Waals surface area contributed by atoms with Crippen LogP contribution in [-0.4, -0.2) is 5.84 Å². The zero-order valence-electron chi connectivity index (χ0n) is 11.5. The standard InChI is InChI=1S/C16H17ClN2O/c1-10-4-3-5-15(11(10)2)20-9-13-7-6-12(16(18)19)8-14(13)17/h3-8H,9H2,1-2H3,(H3,18,19). The number of benzene rings is 2. The summed E-state index contributed by atoms with van der Waals surface area (Å²) in [7, 11) is 0. The average molecular weight is 289 g/mol. The number of hydrogen-bond donors (Lipinski definition) is 2. The van der Waals surface area contributed by atoms with E-state index in [-0.39, 0.29) is 5.84 Å². The summed E-state index contributed by atoms with van der Waals surface area (Å²) in [5.41, 5.74) is 9.24. The number of ether oxygens (including phenoxy) is 1. The fraction of sp³-hybridized carbons (Fsp3) is 0.188. The predicted octanol–water partition coefficient (Wildman–Crippen LogP) is 3.82. The van der Waals surface area contributed by atoms with E-state index in [0.29, 0.717) is 17.2 Å². The first-order valence-electron chi connectivity index (χ1n) is 6.31. The van der Waals surface area contributed by atoms with Crippen LogP contribution >= 0.6 is 11.6 Å². The Morgan fingerprint density at radius 1 is 1.25 bits per heavy atom. The zero-order chi connectivity index (χ0) is 14.7. The summed E-state index contributed by atoms with van der Waals surface area (Å²) >= 11 is 6.18. The third kappa shape index (κ3) is 3.11. The highest BCUT2D eigenvalue weighted by Crippen LogP contribution is 2.24. The summed E-state index contributed by atoms with van der Waals surface area (Å²) in [5.74, 6) is 0.866. The van der Waals surface area contributed by atoms with Crippen LogP contribution in [0, 0.1) is 19.3 Å². The molecule has 0 radical (unpaired) electrons. The minimum atomic E-state index is 0.00824. The second-order valence-corrected chi connectivity index (χ2v) is 5.11. The number of nitrogen functional groups attached to an aromatic ring is 1. The van der Waals surface area contributed by atoms with Crippen LogP contribution in [-0.2, 0) is 6.61 Å². The average Bonchev–Trinajstić information content (AvgIpc) is 2.41. The van der Waals surface area contributed by atoms with E-state index in [0.717, 1.165) is 16.9 Å². The number of nitrogens with one attached hydrogen (secondary N) is 1. The molecule has 104 valence electrons. The van der Waals surface area contributed by atoms with Crippen molar-refractivity contribution in [3.63, 3.8) is 0 Å². The van der Waals surface area contributed by atoms with E-state index in [1.165, 1.54) is 5.56 Å². The van der Waals surface area contributed by atoms with Gasteiger partial charge in [0.25, 0.3) is 0 Å². The fourth-order valence-corrected chi connectivity index (χ4v) is 2.10. The summed E-state index contributed by atoms with van der Waals surface area (Å²) in [6.07, 6.45) is 0. The van der Waals surface area contributed by atoms with Crippen LogP contribution in [0.2, 0.25) is 5.02 Å². The number of aryl methyl sites for hydroxylation is 1. The molecule has 0 aliphatic carbocycles. The second kappa shape index (κ2) is 5.97. The van der Waals surface area contributed by atoms with Crippen LogP contribution in [0.1, 0.15) is 22.3 Å². The molecule has 0 aliphatic heterocycles. The van der Waals surface area contributed by atoms with E-state index in [2.05, 4.69) is 13.0 Å².